The lowest BCUT2D eigenvalue weighted by Gasteiger charge is -2.33. The van der Waals surface area contributed by atoms with Gasteiger partial charge in [-0.05, 0) is 39.5 Å². The molecule has 1 saturated heterocycles. The third-order valence-electron chi connectivity index (χ3n) is 3.30. The topological polar surface area (TPSA) is 76.6 Å². The Morgan fingerprint density at radius 2 is 2.23 bits per heavy atom. The summed E-state index contributed by atoms with van der Waals surface area (Å²) in [7, 11) is -3.37. The molecule has 2 heterocycles. The van der Waals surface area contributed by atoms with Gasteiger partial charge in [0.05, 0.1) is 5.75 Å². The number of amides is 1. The lowest BCUT2D eigenvalue weighted by molar-refractivity contribution is 0.0176. The van der Waals surface area contributed by atoms with E-state index in [9.17, 15) is 13.2 Å². The third kappa shape index (κ3) is 4.67. The van der Waals surface area contributed by atoms with Crippen molar-refractivity contribution in [2.45, 2.75) is 43.6 Å². The monoisotopic (exact) mass is 346 g/mol. The van der Waals surface area contributed by atoms with Crippen LogP contribution in [0.5, 0.6) is 0 Å². The Kier molecular flexibility index (Phi) is 5.11. The number of piperidine rings is 1. The van der Waals surface area contributed by atoms with Crippen molar-refractivity contribution in [3.63, 3.8) is 0 Å². The highest BCUT2D eigenvalue weighted by Crippen LogP contribution is 2.24. The molecule has 6 nitrogen and oxygen atoms in total. The van der Waals surface area contributed by atoms with E-state index in [0.717, 1.165) is 24.2 Å². The fourth-order valence-corrected chi connectivity index (χ4v) is 5.01. The molecule has 0 bridgehead atoms. The van der Waals surface area contributed by atoms with Crippen LogP contribution >= 0.6 is 11.3 Å². The molecule has 0 N–H and O–H groups in total. The number of hydrogen-bond acceptors (Lipinski definition) is 6. The number of likely N-dealkylation sites (tertiary alicyclic amines) is 1. The highest BCUT2D eigenvalue weighted by molar-refractivity contribution is 7.93. The predicted molar refractivity (Wildman–Crippen MR) is 84.7 cm³/mol. The molecule has 1 aliphatic heterocycles. The van der Waals surface area contributed by atoms with Crippen molar-refractivity contribution in [3.8, 4) is 0 Å². The molecule has 1 unspecified atom stereocenters. The van der Waals surface area contributed by atoms with Crippen LogP contribution < -0.4 is 0 Å². The van der Waals surface area contributed by atoms with Gasteiger partial charge in [-0.25, -0.2) is 18.2 Å². The molecule has 1 amide bonds. The minimum Gasteiger partial charge on any atom is -0.444 e. The Morgan fingerprint density at radius 3 is 2.82 bits per heavy atom. The number of hydrogen-bond donors (Lipinski definition) is 0. The highest BCUT2D eigenvalue weighted by atomic mass is 32.2. The molecule has 8 heteroatoms. The Morgan fingerprint density at radius 1 is 1.50 bits per heavy atom. The standard InChI is InChI=1S/C14H22N2O4S2/c1-14(2,3)20-13(17)16-7-4-5-11(9-16)10-22(18,19)12-15-6-8-21-12/h6,8,11H,4-5,7,9-10H2,1-3H3. The molecule has 0 spiro atoms. The second-order valence-corrected chi connectivity index (χ2v) is 9.62. The number of carbonyl (C=O) groups excluding carboxylic acids is 1. The molecule has 1 aromatic rings. The van der Waals surface area contributed by atoms with Gasteiger partial charge in [0.15, 0.2) is 0 Å². The minimum absolute atomic E-state index is 0.0276. The zero-order valence-corrected chi connectivity index (χ0v) is 14.7. The van der Waals surface area contributed by atoms with Gasteiger partial charge < -0.3 is 9.64 Å². The maximum absolute atomic E-state index is 12.3. The maximum Gasteiger partial charge on any atom is 0.410 e. The van der Waals surface area contributed by atoms with Gasteiger partial charge in [0.25, 0.3) is 0 Å². The fourth-order valence-electron chi connectivity index (χ4n) is 2.44. The summed E-state index contributed by atoms with van der Waals surface area (Å²) in [6.45, 7) is 6.49. The SMILES string of the molecule is CC(C)(C)OC(=O)N1CCCC(CS(=O)(=O)c2nccs2)C1. The van der Waals surface area contributed by atoms with Gasteiger partial charge >= 0.3 is 6.09 Å². The second-order valence-electron chi connectivity index (χ2n) is 6.51. The normalized spacial score (nSPS) is 20.0. The molecule has 1 aliphatic rings. The van der Waals surface area contributed by atoms with Crippen LogP contribution in [0.3, 0.4) is 0 Å². The van der Waals surface area contributed by atoms with Crippen molar-refractivity contribution in [1.82, 2.24) is 9.88 Å². The number of carbonyl (C=O) groups is 1. The Labute approximate surface area is 135 Å². The molecule has 1 aromatic heterocycles. The maximum atomic E-state index is 12.3. The van der Waals surface area contributed by atoms with Crippen LogP contribution in [-0.2, 0) is 14.6 Å². The van der Waals surface area contributed by atoms with Gasteiger partial charge in [0.2, 0.25) is 14.2 Å². The van der Waals surface area contributed by atoms with Crippen molar-refractivity contribution in [3.05, 3.63) is 11.6 Å². The molecule has 22 heavy (non-hydrogen) atoms. The second kappa shape index (κ2) is 6.54. The molecule has 2 rings (SSSR count). The van der Waals surface area contributed by atoms with Crippen molar-refractivity contribution < 1.29 is 17.9 Å². The molecule has 1 atom stereocenters. The average molecular weight is 346 g/mol. The molecule has 1 fully saturated rings. The summed E-state index contributed by atoms with van der Waals surface area (Å²) in [4.78, 5) is 17.6. The van der Waals surface area contributed by atoms with Gasteiger partial charge in [0.1, 0.15) is 5.60 Å². The summed E-state index contributed by atoms with van der Waals surface area (Å²) in [5.41, 5.74) is -0.545. The number of aromatic nitrogens is 1. The number of thiazole rings is 1. The summed E-state index contributed by atoms with van der Waals surface area (Å²) in [5, 5.41) is 1.65. The molecule has 0 saturated carbocycles. The number of ether oxygens (including phenoxy) is 1. The van der Waals surface area contributed by atoms with Crippen molar-refractivity contribution in [1.29, 1.82) is 0 Å². The molecule has 124 valence electrons. The Hall–Kier alpha value is -1.15. The van der Waals surface area contributed by atoms with Gasteiger partial charge in [-0.2, -0.15) is 0 Å². The van der Waals surface area contributed by atoms with Crippen LogP contribution in [0.2, 0.25) is 0 Å². The zero-order chi connectivity index (χ0) is 16.4. The first-order valence-corrected chi connectivity index (χ1v) is 9.81. The Balaban J connectivity index is 1.98. The molecule has 0 aromatic carbocycles. The lowest BCUT2D eigenvalue weighted by atomic mass is 10.0. The van der Waals surface area contributed by atoms with Gasteiger partial charge in [-0.3, -0.25) is 0 Å². The number of sulfone groups is 1. The van der Waals surface area contributed by atoms with E-state index in [0.29, 0.717) is 13.1 Å². The summed E-state index contributed by atoms with van der Waals surface area (Å²) in [6.07, 6.45) is 2.70. The zero-order valence-electron chi connectivity index (χ0n) is 13.1. The van der Waals surface area contributed by atoms with Crippen molar-refractivity contribution in [2.24, 2.45) is 5.92 Å². The first kappa shape index (κ1) is 17.2. The van der Waals surface area contributed by atoms with E-state index >= 15 is 0 Å². The van der Waals surface area contributed by atoms with Crippen molar-refractivity contribution in [2.75, 3.05) is 18.8 Å². The first-order valence-electron chi connectivity index (χ1n) is 7.27. The highest BCUT2D eigenvalue weighted by Gasteiger charge is 2.31. The smallest absolute Gasteiger partial charge is 0.410 e. The average Bonchev–Trinajstić information content (AvgIpc) is 2.91. The van der Waals surface area contributed by atoms with Gasteiger partial charge in [0, 0.05) is 24.7 Å². The summed E-state index contributed by atoms with van der Waals surface area (Å²) in [5.74, 6) is -0.0463. The van der Waals surface area contributed by atoms with E-state index in [-0.39, 0.29) is 22.1 Å². The van der Waals surface area contributed by atoms with Crippen LogP contribution in [0.15, 0.2) is 15.9 Å². The Bertz CT molecular complexity index is 605. The summed E-state index contributed by atoms with van der Waals surface area (Å²) < 4.78 is 30.1. The van der Waals surface area contributed by atoms with E-state index < -0.39 is 15.4 Å². The van der Waals surface area contributed by atoms with Gasteiger partial charge in [-0.15, -0.1) is 11.3 Å². The van der Waals surface area contributed by atoms with Gasteiger partial charge in [-0.1, -0.05) is 0 Å². The minimum atomic E-state index is -3.37. The molecule has 0 aliphatic carbocycles. The van der Waals surface area contributed by atoms with Crippen LogP contribution in [0, 0.1) is 5.92 Å². The molecule has 0 radical (unpaired) electrons. The lowest BCUT2D eigenvalue weighted by Crippen LogP contribution is -2.44. The van der Waals surface area contributed by atoms with E-state index in [1.54, 1.807) is 10.3 Å². The van der Waals surface area contributed by atoms with E-state index in [4.69, 9.17) is 4.74 Å². The predicted octanol–water partition coefficient (Wildman–Crippen LogP) is 2.56. The first-order chi connectivity index (χ1) is 10.2. The van der Waals surface area contributed by atoms with E-state index in [2.05, 4.69) is 4.98 Å². The number of nitrogens with zero attached hydrogens (tertiary/aromatic N) is 2. The van der Waals surface area contributed by atoms with Crippen LogP contribution in [-0.4, -0.2) is 48.8 Å². The summed E-state index contributed by atoms with van der Waals surface area (Å²) >= 11 is 1.13. The molecular weight excluding hydrogens is 324 g/mol. The fraction of sp³-hybridized carbons (Fsp3) is 0.714. The van der Waals surface area contributed by atoms with E-state index in [1.807, 2.05) is 20.8 Å². The third-order valence-corrected chi connectivity index (χ3v) is 6.46. The van der Waals surface area contributed by atoms with Crippen LogP contribution in [0.1, 0.15) is 33.6 Å². The van der Waals surface area contributed by atoms with Crippen molar-refractivity contribution >= 4 is 27.3 Å². The van der Waals surface area contributed by atoms with E-state index in [1.165, 1.54) is 6.20 Å². The number of rotatable bonds is 3. The molecular formula is C14H22N2O4S2. The quantitative estimate of drug-likeness (QED) is 0.841. The summed E-state index contributed by atoms with van der Waals surface area (Å²) in [6, 6.07) is 0. The van der Waals surface area contributed by atoms with Crippen LogP contribution in [0.25, 0.3) is 0 Å². The largest absolute Gasteiger partial charge is 0.444 e. The van der Waals surface area contributed by atoms with Crippen LogP contribution in [0.4, 0.5) is 4.79 Å².